The maximum absolute atomic E-state index is 13.3. The van der Waals surface area contributed by atoms with Crippen LogP contribution in [0.4, 0.5) is 0 Å². The number of thioether (sulfide) groups is 1. The molecule has 4 N–H and O–H groups in total. The van der Waals surface area contributed by atoms with Crippen molar-refractivity contribution in [2.24, 2.45) is 5.92 Å². The smallest absolute Gasteiger partial charge is 0.353 e. The van der Waals surface area contributed by atoms with Gasteiger partial charge in [0.05, 0.1) is 12.6 Å². The highest BCUT2D eigenvalue weighted by Gasteiger charge is 2.44. The van der Waals surface area contributed by atoms with Crippen molar-refractivity contribution in [3.63, 3.8) is 0 Å². The van der Waals surface area contributed by atoms with Crippen LogP contribution >= 0.6 is 11.8 Å². The van der Waals surface area contributed by atoms with Gasteiger partial charge in [0.25, 0.3) is 0 Å². The monoisotopic (exact) mass is 551 g/mol. The summed E-state index contributed by atoms with van der Waals surface area (Å²) in [7, 11) is 5.14. The lowest BCUT2D eigenvalue weighted by atomic mass is 10.1. The van der Waals surface area contributed by atoms with Gasteiger partial charge in [-0.2, -0.15) is 0 Å². The summed E-state index contributed by atoms with van der Waals surface area (Å²) in [5, 5.41) is 26.6. The Balaban J connectivity index is 1.64. The minimum atomic E-state index is -1.17. The molecule has 14 heteroatoms. The fourth-order valence-electron chi connectivity index (χ4n) is 4.63. The van der Waals surface area contributed by atoms with Crippen molar-refractivity contribution in [3.8, 4) is 0 Å². The van der Waals surface area contributed by atoms with E-state index in [2.05, 4.69) is 26.1 Å². The molecule has 0 aromatic carbocycles. The van der Waals surface area contributed by atoms with Crippen molar-refractivity contribution in [1.29, 1.82) is 0 Å². The third-order valence-electron chi connectivity index (χ3n) is 6.65. The summed E-state index contributed by atoms with van der Waals surface area (Å²) in [6, 6.07) is -1.22. The molecule has 2 aliphatic heterocycles. The van der Waals surface area contributed by atoms with E-state index in [1.807, 2.05) is 13.8 Å². The molecule has 5 atom stereocenters. The summed E-state index contributed by atoms with van der Waals surface area (Å²) < 4.78 is 5.38. The van der Waals surface area contributed by atoms with Crippen LogP contribution in [-0.4, -0.2) is 99.9 Å². The predicted molar refractivity (Wildman–Crippen MR) is 140 cm³/mol. The third-order valence-corrected chi connectivity index (χ3v) is 8.16. The van der Waals surface area contributed by atoms with E-state index in [4.69, 9.17) is 4.42 Å². The highest BCUT2D eigenvalue weighted by Crippen LogP contribution is 2.44. The molecule has 0 spiro atoms. The molecule has 0 unspecified atom stereocenters. The molecule has 13 nitrogen and oxygen atoms in total. The highest BCUT2D eigenvalue weighted by molar-refractivity contribution is 8.03. The van der Waals surface area contributed by atoms with Crippen LogP contribution in [0, 0.1) is 5.92 Å². The molecule has 1 saturated heterocycles. The number of carbonyl (C=O) groups is 4. The maximum Gasteiger partial charge on any atom is 0.353 e. The fourth-order valence-corrected chi connectivity index (χ4v) is 6.17. The normalized spacial score (nSPS) is 24.0. The molecule has 210 valence electrons. The van der Waals surface area contributed by atoms with Crippen LogP contribution in [0.1, 0.15) is 45.4 Å². The fraction of sp³-hybridized carbons (Fsp3) is 0.667. The van der Waals surface area contributed by atoms with Crippen molar-refractivity contribution >= 4 is 35.5 Å². The van der Waals surface area contributed by atoms with Gasteiger partial charge >= 0.3 is 5.97 Å². The number of aromatic nitrogens is 2. The minimum absolute atomic E-state index is 0.00878. The van der Waals surface area contributed by atoms with Crippen LogP contribution < -0.4 is 16.0 Å². The Bertz CT molecular complexity index is 1090. The van der Waals surface area contributed by atoms with Crippen molar-refractivity contribution in [2.45, 2.75) is 70.0 Å². The average molecular weight is 552 g/mol. The van der Waals surface area contributed by atoms with Crippen molar-refractivity contribution < 1.29 is 28.7 Å². The standard InChI is InChI=1S/C24H37N7O6S/c1-12(27-17(32)9-18-28-29-19(37-18)11-25-4)7-20(33)31-14(3)13(2)22(21(31)24(35)36)38-15-8-16(26-10-15)23(34)30(5)6/h12-16,25-26H,7-11H2,1-6H3,(H,27,32)(H,35,36)/t12-,13-,14+,15+,16+/m1/s1. The second-order valence-corrected chi connectivity index (χ2v) is 11.3. The molecular weight excluding hydrogens is 514 g/mol. The van der Waals surface area contributed by atoms with Gasteiger partial charge in [0.2, 0.25) is 29.5 Å². The lowest BCUT2D eigenvalue weighted by Gasteiger charge is -2.26. The van der Waals surface area contributed by atoms with E-state index in [1.54, 1.807) is 28.1 Å². The van der Waals surface area contributed by atoms with Crippen LogP contribution in [-0.2, 0) is 32.1 Å². The molecule has 1 fully saturated rings. The number of hydrogen-bond acceptors (Lipinski definition) is 10. The summed E-state index contributed by atoms with van der Waals surface area (Å²) in [5.74, 6) is -1.61. The molecular formula is C24H37N7O6S. The Kier molecular flexibility index (Phi) is 9.90. The number of aliphatic carboxylic acids is 1. The predicted octanol–water partition coefficient (Wildman–Crippen LogP) is -0.0588. The van der Waals surface area contributed by atoms with Gasteiger partial charge < -0.3 is 35.3 Å². The largest absolute Gasteiger partial charge is 0.477 e. The summed E-state index contributed by atoms with van der Waals surface area (Å²) in [6.45, 7) is 6.38. The van der Waals surface area contributed by atoms with Gasteiger partial charge in [-0.1, -0.05) is 6.92 Å². The van der Waals surface area contributed by atoms with Crippen molar-refractivity contribution in [1.82, 2.24) is 35.9 Å². The second-order valence-electron chi connectivity index (χ2n) is 9.95. The molecule has 2 aliphatic rings. The Morgan fingerprint density at radius 2 is 1.92 bits per heavy atom. The number of likely N-dealkylation sites (N-methyl/N-ethyl adjacent to an activating group) is 1. The minimum Gasteiger partial charge on any atom is -0.477 e. The first kappa shape index (κ1) is 29.6. The lowest BCUT2D eigenvalue weighted by molar-refractivity contribution is -0.140. The van der Waals surface area contributed by atoms with Crippen molar-refractivity contribution in [3.05, 3.63) is 22.4 Å². The number of nitrogens with one attached hydrogen (secondary N) is 3. The zero-order valence-electron chi connectivity index (χ0n) is 22.6. The van der Waals surface area contributed by atoms with E-state index in [9.17, 15) is 24.3 Å². The summed E-state index contributed by atoms with van der Waals surface area (Å²) in [4.78, 5) is 53.9. The Morgan fingerprint density at radius 3 is 2.55 bits per heavy atom. The van der Waals surface area contributed by atoms with E-state index in [-0.39, 0.29) is 65.4 Å². The average Bonchev–Trinajstić information content (AvgIpc) is 3.54. The van der Waals surface area contributed by atoms with Gasteiger partial charge in [-0.15, -0.1) is 22.0 Å². The molecule has 0 bridgehead atoms. The van der Waals surface area contributed by atoms with Gasteiger partial charge in [0.1, 0.15) is 12.1 Å². The molecule has 3 heterocycles. The summed E-state index contributed by atoms with van der Waals surface area (Å²) >= 11 is 1.43. The zero-order valence-corrected chi connectivity index (χ0v) is 23.4. The SMILES string of the molecule is CNCc1nnc(CC(=O)N[C@H](C)CC(=O)N2C(C(=O)O)=C(S[C@@H]3CN[C@H](C(=O)N(C)C)C3)[C@H](C)[C@@H]2C)o1. The van der Waals surface area contributed by atoms with Gasteiger partial charge in [0.15, 0.2) is 0 Å². The number of hydrogen-bond donors (Lipinski definition) is 4. The molecule has 1 aromatic rings. The summed E-state index contributed by atoms with van der Waals surface area (Å²) in [5.41, 5.74) is -0.0242. The first-order chi connectivity index (χ1) is 17.9. The second kappa shape index (κ2) is 12.7. The number of rotatable bonds is 11. The van der Waals surface area contributed by atoms with Crippen molar-refractivity contribution in [2.75, 3.05) is 27.7 Å². The molecule has 1 aromatic heterocycles. The molecule has 3 amide bonds. The number of carboxylic acid groups (broad SMARTS) is 1. The van der Waals surface area contributed by atoms with E-state index < -0.39 is 12.0 Å². The molecule has 0 radical (unpaired) electrons. The lowest BCUT2D eigenvalue weighted by Crippen LogP contribution is -2.43. The molecule has 3 rings (SSSR count). The first-order valence-corrected chi connectivity index (χ1v) is 13.5. The number of nitrogens with zero attached hydrogens (tertiary/aromatic N) is 4. The van der Waals surface area contributed by atoms with Crippen LogP contribution in [0.2, 0.25) is 0 Å². The van der Waals surface area contributed by atoms with E-state index >= 15 is 0 Å². The first-order valence-electron chi connectivity index (χ1n) is 12.6. The van der Waals surface area contributed by atoms with E-state index in [1.165, 1.54) is 21.6 Å². The van der Waals surface area contributed by atoms with Gasteiger partial charge in [0, 0.05) is 55.2 Å². The summed E-state index contributed by atoms with van der Waals surface area (Å²) in [6.07, 6.45) is 0.379. The van der Waals surface area contributed by atoms with Gasteiger partial charge in [-0.25, -0.2) is 4.79 Å². The van der Waals surface area contributed by atoms with Gasteiger partial charge in [-0.3, -0.25) is 14.4 Å². The maximum atomic E-state index is 13.3. The van der Waals surface area contributed by atoms with Crippen LogP contribution in [0.25, 0.3) is 0 Å². The van der Waals surface area contributed by atoms with Crippen LogP contribution in [0.15, 0.2) is 15.0 Å². The zero-order chi connectivity index (χ0) is 28.1. The van der Waals surface area contributed by atoms with Crippen LogP contribution in [0.5, 0.6) is 0 Å². The Hall–Kier alpha value is -2.97. The number of amides is 3. The molecule has 0 saturated carbocycles. The molecule has 0 aliphatic carbocycles. The molecule has 38 heavy (non-hydrogen) atoms. The van der Waals surface area contributed by atoms with Crippen LogP contribution in [0.3, 0.4) is 0 Å². The number of carboxylic acids is 1. The number of carbonyl (C=O) groups excluding carboxylic acids is 3. The highest BCUT2D eigenvalue weighted by atomic mass is 32.2. The van der Waals surface area contributed by atoms with Gasteiger partial charge in [-0.05, 0) is 27.3 Å². The topological polar surface area (TPSA) is 170 Å². The Labute approximate surface area is 226 Å². The quantitative estimate of drug-likeness (QED) is 0.291. The Morgan fingerprint density at radius 1 is 1.24 bits per heavy atom. The van der Waals surface area contributed by atoms with E-state index in [0.717, 1.165) is 0 Å². The van der Waals surface area contributed by atoms with E-state index in [0.29, 0.717) is 30.3 Å². The third kappa shape index (κ3) is 6.91.